The molecule has 0 amide bonds. The number of aliphatic carboxylic acids is 2. The Balaban J connectivity index is -0.0000000741. The molecule has 9 heteroatoms. The maximum absolute atomic E-state index is 9.48. The van der Waals surface area contributed by atoms with Crippen LogP contribution in [-0.4, -0.2) is 29.3 Å². The van der Waals surface area contributed by atoms with Crippen LogP contribution in [0.4, 0.5) is 0 Å². The van der Waals surface area contributed by atoms with Crippen LogP contribution in [0.3, 0.4) is 0 Å². The van der Waals surface area contributed by atoms with E-state index in [0.29, 0.717) is 0 Å². The van der Waals surface area contributed by atoms with Crippen LogP contribution in [0.1, 0.15) is 20.8 Å². The van der Waals surface area contributed by atoms with Crippen LogP contribution < -0.4 is 15.9 Å². The van der Waals surface area contributed by atoms with E-state index in [-0.39, 0.29) is 22.6 Å². The van der Waals surface area contributed by atoms with Crippen LogP contribution in [0.2, 0.25) is 0 Å². The van der Waals surface area contributed by atoms with Gasteiger partial charge in [0.15, 0.2) is 11.6 Å². The number of rotatable bonds is 2. The molecule has 0 bridgehead atoms. The largest absolute Gasteiger partial charge is 2.00 e. The molecule has 0 spiro atoms. The van der Waals surface area contributed by atoms with Gasteiger partial charge in [0, 0.05) is 13.8 Å². The Labute approximate surface area is 108 Å². The van der Waals surface area contributed by atoms with Crippen LogP contribution in [0, 0.1) is 5.41 Å². The fourth-order valence-corrected chi connectivity index (χ4v) is 0. The average molecular weight is 291 g/mol. The summed E-state index contributed by atoms with van der Waals surface area (Å²) in [6, 6.07) is 0. The quantitative estimate of drug-likeness (QED) is 0.304. The summed E-state index contributed by atoms with van der Waals surface area (Å²) in [6.07, 6.45) is 0. The van der Waals surface area contributed by atoms with Gasteiger partial charge in [-0.15, -0.1) is 0 Å². The number of hydrogen-bond donors (Lipinski definition) is 2. The normalized spacial score (nSPS) is 6.76. The summed E-state index contributed by atoms with van der Waals surface area (Å²) in [5.41, 5.74) is 4.69. The van der Waals surface area contributed by atoms with E-state index in [9.17, 15) is 29.4 Å². The zero-order valence-corrected chi connectivity index (χ0v) is 10.4. The number of carbonyl (C=O) groups excluding carboxylic acids is 4. The Hall–Kier alpha value is -1.74. The number of nitrogens with two attached hydrogens (primary N) is 1. The first-order valence-electron chi connectivity index (χ1n) is 3.76. The molecule has 0 aliphatic carbocycles. The predicted octanol–water partition coefficient (Wildman–Crippen LogP) is -3.41. The van der Waals surface area contributed by atoms with Crippen molar-refractivity contribution >= 4 is 29.3 Å². The zero-order chi connectivity index (χ0) is 13.9. The predicted molar refractivity (Wildman–Crippen MR) is 49.0 cm³/mol. The zero-order valence-electron chi connectivity index (χ0n) is 9.36. The molecule has 3 N–H and O–H groups in total. The molecule has 0 saturated carbocycles. The minimum absolute atomic E-state index is 0. The molecule has 0 aromatic rings. The number of carboxylic acids is 2. The summed E-state index contributed by atoms with van der Waals surface area (Å²) < 4.78 is 0. The first kappa shape index (κ1) is 24.5. The molecule has 0 aromatic carbocycles. The van der Waals surface area contributed by atoms with Gasteiger partial charge in [0.1, 0.15) is 11.9 Å². The second kappa shape index (κ2) is 14.3. The van der Waals surface area contributed by atoms with Gasteiger partial charge in [0.25, 0.3) is 0 Å². The molecule has 0 aromatic heterocycles. The van der Waals surface area contributed by atoms with Crippen molar-refractivity contribution in [2.75, 3.05) is 0 Å². The first-order chi connectivity index (χ1) is 7.02. The van der Waals surface area contributed by atoms with Crippen molar-refractivity contribution in [1.82, 2.24) is 0 Å². The molecule has 0 atom stereocenters. The minimum atomic E-state index is -1.63. The van der Waals surface area contributed by atoms with E-state index in [1.54, 1.807) is 0 Å². The Morgan fingerprint density at radius 1 is 0.882 bits per heavy atom. The van der Waals surface area contributed by atoms with Crippen molar-refractivity contribution in [2.45, 2.75) is 20.8 Å². The van der Waals surface area contributed by atoms with Crippen molar-refractivity contribution in [3.05, 3.63) is 0 Å². The van der Waals surface area contributed by atoms with E-state index in [4.69, 9.17) is 11.1 Å². The third-order valence-electron chi connectivity index (χ3n) is 0.575. The van der Waals surface area contributed by atoms with Crippen LogP contribution in [0.25, 0.3) is 0 Å². The SMILES string of the molecule is CC(=N)N.CC(=O)C(=O)[O-].CC(=O)C(=O)[O-].[Co+2]. The molecular formula is C8H12CoN2O6. The maximum Gasteiger partial charge on any atom is 2.00 e. The summed E-state index contributed by atoms with van der Waals surface area (Å²) in [5, 5.41) is 24.8. The van der Waals surface area contributed by atoms with Gasteiger partial charge in [-0.05, 0) is 6.92 Å². The van der Waals surface area contributed by atoms with E-state index >= 15 is 0 Å². The number of nitrogens with one attached hydrogen (secondary N) is 1. The summed E-state index contributed by atoms with van der Waals surface area (Å²) >= 11 is 0. The molecule has 0 rings (SSSR count). The van der Waals surface area contributed by atoms with Gasteiger partial charge in [-0.3, -0.25) is 15.0 Å². The van der Waals surface area contributed by atoms with E-state index in [1.807, 2.05) is 0 Å². The van der Waals surface area contributed by atoms with Crippen LogP contribution in [-0.2, 0) is 36.0 Å². The van der Waals surface area contributed by atoms with Crippen LogP contribution >= 0.6 is 0 Å². The number of hydrogen-bond acceptors (Lipinski definition) is 7. The summed E-state index contributed by atoms with van der Waals surface area (Å²) in [5.74, 6) is -4.96. The molecule has 99 valence electrons. The van der Waals surface area contributed by atoms with Gasteiger partial charge in [-0.25, -0.2) is 0 Å². The first-order valence-corrected chi connectivity index (χ1v) is 3.76. The minimum Gasteiger partial charge on any atom is -0.542 e. The van der Waals surface area contributed by atoms with Gasteiger partial charge in [0.05, 0.1) is 5.84 Å². The van der Waals surface area contributed by atoms with Crippen molar-refractivity contribution < 1.29 is 46.2 Å². The van der Waals surface area contributed by atoms with Gasteiger partial charge < -0.3 is 25.5 Å². The molecule has 0 unspecified atom stereocenters. The third kappa shape index (κ3) is 54.7. The molecule has 0 aliphatic rings. The third-order valence-corrected chi connectivity index (χ3v) is 0.575. The second-order valence-corrected chi connectivity index (χ2v) is 2.37. The standard InChI is InChI=1S/2C3H4O3.C2H6N2.Co/c2*1-2(4)3(5)6;1-2(3)4;/h2*1H3,(H,5,6);1H3,(H3,3,4);/q;;;+2/p-2. The molecule has 1 radical (unpaired) electrons. The molecule has 0 fully saturated rings. The Morgan fingerprint density at radius 3 is 0.941 bits per heavy atom. The molecule has 0 heterocycles. The van der Waals surface area contributed by atoms with Crippen molar-refractivity contribution in [3.8, 4) is 0 Å². The van der Waals surface area contributed by atoms with Gasteiger partial charge >= 0.3 is 16.8 Å². The Morgan fingerprint density at radius 2 is 0.941 bits per heavy atom. The van der Waals surface area contributed by atoms with Crippen LogP contribution in [0.5, 0.6) is 0 Å². The van der Waals surface area contributed by atoms with E-state index < -0.39 is 23.5 Å². The number of Topliss-reactive ketones (excluding diaryl/α,β-unsaturated/α-hetero) is 2. The number of carboxylic acid groups (broad SMARTS) is 2. The molecule has 0 saturated heterocycles. The topological polar surface area (TPSA) is 164 Å². The summed E-state index contributed by atoms with van der Waals surface area (Å²) in [4.78, 5) is 37.4. The van der Waals surface area contributed by atoms with E-state index in [2.05, 4.69) is 0 Å². The summed E-state index contributed by atoms with van der Waals surface area (Å²) in [6.45, 7) is 3.41. The van der Waals surface area contributed by atoms with Crippen LogP contribution in [0.15, 0.2) is 0 Å². The smallest absolute Gasteiger partial charge is 0.542 e. The second-order valence-electron chi connectivity index (χ2n) is 2.37. The van der Waals surface area contributed by atoms with Gasteiger partial charge in [-0.2, -0.15) is 0 Å². The Kier molecular flexibility index (Phi) is 20.5. The van der Waals surface area contributed by atoms with Gasteiger partial charge in [0.2, 0.25) is 0 Å². The maximum atomic E-state index is 9.48. The summed E-state index contributed by atoms with van der Waals surface area (Å²) in [7, 11) is 0. The van der Waals surface area contributed by atoms with E-state index in [0.717, 1.165) is 13.8 Å². The average Bonchev–Trinajstić information content (AvgIpc) is 2.03. The molecule has 0 aliphatic heterocycles. The molecule has 8 nitrogen and oxygen atoms in total. The number of carbonyl (C=O) groups is 4. The van der Waals surface area contributed by atoms with Crippen molar-refractivity contribution in [3.63, 3.8) is 0 Å². The van der Waals surface area contributed by atoms with Crippen molar-refractivity contribution in [1.29, 1.82) is 5.41 Å². The Bertz CT molecular complexity index is 250. The monoisotopic (exact) mass is 291 g/mol. The van der Waals surface area contributed by atoms with E-state index in [1.165, 1.54) is 6.92 Å². The molecular weight excluding hydrogens is 279 g/mol. The van der Waals surface area contributed by atoms with Gasteiger partial charge in [-0.1, -0.05) is 0 Å². The van der Waals surface area contributed by atoms with Crippen molar-refractivity contribution in [2.24, 2.45) is 5.73 Å². The molecule has 17 heavy (non-hydrogen) atoms. The fraction of sp³-hybridized carbons (Fsp3) is 0.375. The fourth-order valence-electron chi connectivity index (χ4n) is 0. The number of ketones is 2. The number of amidine groups is 1.